The van der Waals surface area contributed by atoms with Gasteiger partial charge in [0, 0.05) is 35.2 Å². The molecule has 1 amide bonds. The van der Waals surface area contributed by atoms with Gasteiger partial charge in [-0.2, -0.15) is 0 Å². The summed E-state index contributed by atoms with van der Waals surface area (Å²) in [5.74, 6) is 0.0790. The van der Waals surface area contributed by atoms with Crippen LogP contribution >= 0.6 is 11.6 Å². The van der Waals surface area contributed by atoms with Crippen molar-refractivity contribution in [2.75, 3.05) is 11.8 Å². The Morgan fingerprint density at radius 3 is 2.64 bits per heavy atom. The number of nitrogens with zero attached hydrogens (tertiary/aromatic N) is 2. The molecule has 3 aromatic rings. The average molecular weight is 485 g/mol. The minimum atomic E-state index is -3.85. The number of pyridine rings is 1. The second kappa shape index (κ2) is 9.21. The second-order valence-corrected chi connectivity index (χ2v) is 9.53. The van der Waals surface area contributed by atoms with Gasteiger partial charge in [-0.1, -0.05) is 23.7 Å². The minimum absolute atomic E-state index is 0.0781. The van der Waals surface area contributed by atoms with E-state index in [2.05, 4.69) is 20.0 Å². The Balaban J connectivity index is 1.42. The third kappa shape index (κ3) is 4.99. The van der Waals surface area contributed by atoms with Gasteiger partial charge in [-0.25, -0.2) is 8.42 Å². The molecular weight excluding hydrogens is 464 g/mol. The van der Waals surface area contributed by atoms with Crippen LogP contribution in [0.2, 0.25) is 5.02 Å². The van der Waals surface area contributed by atoms with E-state index in [0.717, 1.165) is 16.1 Å². The van der Waals surface area contributed by atoms with Gasteiger partial charge >= 0.3 is 0 Å². The fourth-order valence-corrected chi connectivity index (χ4v) is 4.55. The predicted octanol–water partition coefficient (Wildman–Crippen LogP) is 1.95. The van der Waals surface area contributed by atoms with Crippen molar-refractivity contribution in [2.45, 2.75) is 24.4 Å². The van der Waals surface area contributed by atoms with Crippen LogP contribution in [0.5, 0.6) is 5.75 Å². The van der Waals surface area contributed by atoms with Gasteiger partial charge in [0.2, 0.25) is 5.91 Å². The molecule has 1 atom stereocenters. The fourth-order valence-electron chi connectivity index (χ4n) is 3.33. The molecule has 2 N–H and O–H groups in total. The average Bonchev–Trinajstić information content (AvgIpc) is 3.24. The Morgan fingerprint density at radius 2 is 1.94 bits per heavy atom. The minimum Gasteiger partial charge on any atom is -0.495 e. The standard InChI is InChI=1S/C23H21ClN4O4S/c1-14-9-20(22(32-2)11-18(14)24)28-33(30,31)17-5-3-15(4-6-17)12-26-23(29)21-10-16-13-25-8-7-19(16)27-21/h3-11,13,21,28H,12H2,1-2H3,(H,26,29). The molecule has 2 aromatic carbocycles. The lowest BCUT2D eigenvalue weighted by molar-refractivity contribution is -0.121. The number of ether oxygens (including phenoxy) is 1. The molecule has 0 radical (unpaired) electrons. The number of rotatable bonds is 7. The van der Waals surface area contributed by atoms with E-state index in [1.54, 1.807) is 55.7 Å². The van der Waals surface area contributed by atoms with E-state index >= 15 is 0 Å². The molecule has 1 aromatic heterocycles. The predicted molar refractivity (Wildman–Crippen MR) is 125 cm³/mol. The smallest absolute Gasteiger partial charge is 0.262 e. The zero-order chi connectivity index (χ0) is 23.6. The lowest BCUT2D eigenvalue weighted by atomic mass is 10.2. The van der Waals surface area contributed by atoms with Crippen molar-refractivity contribution in [2.24, 2.45) is 4.99 Å². The largest absolute Gasteiger partial charge is 0.495 e. The Labute approximate surface area is 196 Å². The van der Waals surface area contributed by atoms with E-state index < -0.39 is 16.1 Å². The highest BCUT2D eigenvalue weighted by molar-refractivity contribution is 7.92. The van der Waals surface area contributed by atoms with Crippen LogP contribution in [0.25, 0.3) is 6.08 Å². The van der Waals surface area contributed by atoms with E-state index in [1.165, 1.54) is 19.2 Å². The van der Waals surface area contributed by atoms with Crippen LogP contribution in [0.3, 0.4) is 0 Å². The number of nitrogens with one attached hydrogen (secondary N) is 2. The molecule has 0 spiro atoms. The monoisotopic (exact) mass is 484 g/mol. The molecule has 0 saturated heterocycles. The molecule has 8 nitrogen and oxygen atoms in total. The van der Waals surface area contributed by atoms with Gasteiger partial charge in [-0.15, -0.1) is 0 Å². The topological polar surface area (TPSA) is 110 Å². The molecule has 1 aliphatic heterocycles. The van der Waals surface area contributed by atoms with E-state index in [9.17, 15) is 13.2 Å². The molecule has 0 saturated carbocycles. The maximum Gasteiger partial charge on any atom is 0.262 e. The fraction of sp³-hybridized carbons (Fsp3) is 0.174. The third-order valence-electron chi connectivity index (χ3n) is 5.14. The van der Waals surface area contributed by atoms with E-state index in [0.29, 0.717) is 22.0 Å². The van der Waals surface area contributed by atoms with Crippen molar-refractivity contribution < 1.29 is 17.9 Å². The van der Waals surface area contributed by atoms with Crippen LogP contribution < -0.4 is 25.4 Å². The van der Waals surface area contributed by atoms with Crippen LogP contribution in [0.4, 0.5) is 5.69 Å². The Bertz CT molecular complexity index is 1410. The Kier molecular flexibility index (Phi) is 6.35. The van der Waals surface area contributed by atoms with Gasteiger partial charge < -0.3 is 10.1 Å². The number of anilines is 1. The lowest BCUT2D eigenvalue weighted by Crippen LogP contribution is -2.31. The highest BCUT2D eigenvalue weighted by atomic mass is 35.5. The van der Waals surface area contributed by atoms with Crippen molar-refractivity contribution in [1.29, 1.82) is 0 Å². The first-order valence-corrected chi connectivity index (χ1v) is 11.9. The molecular formula is C23H21ClN4O4S. The summed E-state index contributed by atoms with van der Waals surface area (Å²) < 4.78 is 33.4. The summed E-state index contributed by atoms with van der Waals surface area (Å²) in [6.45, 7) is 2.01. The summed E-state index contributed by atoms with van der Waals surface area (Å²) >= 11 is 6.09. The van der Waals surface area contributed by atoms with Gasteiger partial charge in [0.1, 0.15) is 11.8 Å². The van der Waals surface area contributed by atoms with Crippen molar-refractivity contribution in [1.82, 2.24) is 10.3 Å². The van der Waals surface area contributed by atoms with E-state index in [-0.39, 0.29) is 17.3 Å². The van der Waals surface area contributed by atoms with Gasteiger partial charge in [0.15, 0.2) is 0 Å². The quantitative estimate of drug-likeness (QED) is 0.532. The van der Waals surface area contributed by atoms with E-state index in [4.69, 9.17) is 16.3 Å². The molecule has 1 aliphatic rings. The van der Waals surface area contributed by atoms with Crippen molar-refractivity contribution in [3.63, 3.8) is 0 Å². The zero-order valence-corrected chi connectivity index (χ0v) is 19.4. The highest BCUT2D eigenvalue weighted by Gasteiger charge is 2.19. The molecule has 0 bridgehead atoms. The van der Waals surface area contributed by atoms with E-state index in [1.807, 2.05) is 0 Å². The number of aryl methyl sites for hydroxylation is 1. The lowest BCUT2D eigenvalue weighted by Gasteiger charge is -2.14. The molecule has 2 heterocycles. The van der Waals surface area contributed by atoms with Gasteiger partial charge in [-0.05, 0) is 48.4 Å². The van der Waals surface area contributed by atoms with Crippen molar-refractivity contribution in [3.05, 3.63) is 81.6 Å². The number of sulfonamides is 1. The second-order valence-electron chi connectivity index (χ2n) is 7.44. The van der Waals surface area contributed by atoms with Crippen molar-refractivity contribution >= 4 is 39.3 Å². The number of halogens is 1. The molecule has 33 heavy (non-hydrogen) atoms. The summed E-state index contributed by atoms with van der Waals surface area (Å²) in [7, 11) is -2.42. The number of amides is 1. The molecule has 10 heteroatoms. The normalized spacial score (nSPS) is 14.6. The summed E-state index contributed by atoms with van der Waals surface area (Å²) in [5.41, 5.74) is 1.76. The number of benzene rings is 2. The van der Waals surface area contributed by atoms with Crippen LogP contribution in [0.15, 0.2) is 64.7 Å². The summed E-state index contributed by atoms with van der Waals surface area (Å²) in [4.78, 5) is 20.9. The molecule has 0 fully saturated rings. The number of hydrogen-bond acceptors (Lipinski definition) is 6. The first kappa shape index (κ1) is 22.8. The maximum absolute atomic E-state index is 12.8. The first-order chi connectivity index (χ1) is 15.8. The highest BCUT2D eigenvalue weighted by Crippen LogP contribution is 2.32. The number of hydrogen-bond donors (Lipinski definition) is 2. The molecule has 4 rings (SSSR count). The van der Waals surface area contributed by atoms with Crippen LogP contribution in [-0.2, 0) is 21.4 Å². The number of carbonyl (C=O) groups is 1. The summed E-state index contributed by atoms with van der Waals surface area (Å²) in [5, 5.41) is 4.86. The van der Waals surface area contributed by atoms with Crippen LogP contribution in [0, 0.1) is 6.92 Å². The van der Waals surface area contributed by atoms with Crippen LogP contribution in [-0.4, -0.2) is 32.5 Å². The zero-order valence-electron chi connectivity index (χ0n) is 17.9. The first-order valence-electron chi connectivity index (χ1n) is 10.00. The molecule has 1 unspecified atom stereocenters. The van der Waals surface area contributed by atoms with Gasteiger partial charge in [0.25, 0.3) is 10.0 Å². The summed E-state index contributed by atoms with van der Waals surface area (Å²) in [6.07, 6.45) is 5.05. The third-order valence-corrected chi connectivity index (χ3v) is 6.93. The molecule has 170 valence electrons. The Hall–Kier alpha value is -3.43. The number of carbonyl (C=O) groups excluding carboxylic acids is 1. The SMILES string of the molecule is COc1cc(Cl)c(C)cc1NS(=O)(=O)c1ccc(CNC(=O)C2C=c3cnccc3=N2)cc1. The van der Waals surface area contributed by atoms with Crippen LogP contribution in [0.1, 0.15) is 11.1 Å². The number of fused-ring (bicyclic) bond motifs is 1. The molecule has 0 aliphatic carbocycles. The van der Waals surface area contributed by atoms with Crippen molar-refractivity contribution in [3.8, 4) is 5.75 Å². The Morgan fingerprint density at radius 1 is 1.18 bits per heavy atom. The number of aromatic nitrogens is 1. The van der Waals surface area contributed by atoms with Gasteiger partial charge in [0.05, 0.1) is 23.0 Å². The van der Waals surface area contributed by atoms with Gasteiger partial charge in [-0.3, -0.25) is 19.5 Å². The summed E-state index contributed by atoms with van der Waals surface area (Å²) in [6, 6.07) is 10.6. The number of methoxy groups -OCH3 is 1. The maximum atomic E-state index is 12.8.